The molecule has 1 N–H and O–H groups in total. The molecular formula is C23H26N2O2. The number of aromatic nitrogens is 1. The molecule has 140 valence electrons. The summed E-state index contributed by atoms with van der Waals surface area (Å²) in [5.74, 6) is 1.06. The standard InChI is InChI=1S/C23H26N2O2/c1-3-8-21(26)25-14-13-19-18-11-5-6-12-20(18)24-22(19)23(25)16-9-7-10-17(15-16)27-4-2/h5-7,9-12,15,23-24H,3-4,8,13-14H2,1-2H3/t23-/m1/s1. The highest BCUT2D eigenvalue weighted by Gasteiger charge is 2.34. The monoisotopic (exact) mass is 362 g/mol. The quantitative estimate of drug-likeness (QED) is 0.706. The Balaban J connectivity index is 1.85. The number of nitrogens with zero attached hydrogens (tertiary/aromatic N) is 1. The minimum Gasteiger partial charge on any atom is -0.494 e. The fraction of sp³-hybridized carbons (Fsp3) is 0.348. The van der Waals surface area contributed by atoms with E-state index in [0.29, 0.717) is 13.0 Å². The van der Waals surface area contributed by atoms with Crippen LogP contribution in [0.1, 0.15) is 49.6 Å². The van der Waals surface area contributed by atoms with Crippen LogP contribution in [0.25, 0.3) is 10.9 Å². The molecule has 0 radical (unpaired) electrons. The number of amides is 1. The summed E-state index contributed by atoms with van der Waals surface area (Å²) in [5, 5.41) is 1.26. The molecule has 4 rings (SSSR count). The lowest BCUT2D eigenvalue weighted by Crippen LogP contribution is -2.40. The molecule has 3 aromatic rings. The molecule has 1 aromatic heterocycles. The van der Waals surface area contributed by atoms with E-state index in [4.69, 9.17) is 4.74 Å². The first-order chi connectivity index (χ1) is 13.2. The van der Waals surface area contributed by atoms with Crippen molar-refractivity contribution in [3.8, 4) is 5.75 Å². The normalized spacial score (nSPS) is 16.4. The number of carbonyl (C=O) groups excluding carboxylic acids is 1. The van der Waals surface area contributed by atoms with Crippen LogP contribution in [0.2, 0.25) is 0 Å². The molecule has 0 saturated heterocycles. The Morgan fingerprint density at radius 3 is 2.85 bits per heavy atom. The molecular weight excluding hydrogens is 336 g/mol. The lowest BCUT2D eigenvalue weighted by molar-refractivity contribution is -0.133. The number of rotatable bonds is 5. The average molecular weight is 362 g/mol. The number of carbonyl (C=O) groups is 1. The van der Waals surface area contributed by atoms with Crippen molar-refractivity contribution in [2.24, 2.45) is 0 Å². The van der Waals surface area contributed by atoms with Gasteiger partial charge in [-0.05, 0) is 49.1 Å². The van der Waals surface area contributed by atoms with E-state index in [2.05, 4.69) is 48.3 Å². The first-order valence-corrected chi connectivity index (χ1v) is 9.84. The smallest absolute Gasteiger partial charge is 0.223 e. The van der Waals surface area contributed by atoms with Crippen molar-refractivity contribution in [1.82, 2.24) is 9.88 Å². The molecule has 0 fully saturated rings. The zero-order valence-electron chi connectivity index (χ0n) is 16.0. The molecule has 2 aromatic carbocycles. The summed E-state index contributed by atoms with van der Waals surface area (Å²) in [7, 11) is 0. The molecule has 0 saturated carbocycles. The second-order valence-electron chi connectivity index (χ2n) is 7.06. The van der Waals surface area contributed by atoms with Crippen molar-refractivity contribution >= 4 is 16.8 Å². The molecule has 0 spiro atoms. The van der Waals surface area contributed by atoms with E-state index in [1.54, 1.807) is 0 Å². The van der Waals surface area contributed by atoms with Crippen LogP contribution in [0.3, 0.4) is 0 Å². The zero-order chi connectivity index (χ0) is 18.8. The first kappa shape index (κ1) is 17.7. The number of nitrogens with one attached hydrogen (secondary N) is 1. The van der Waals surface area contributed by atoms with Crippen LogP contribution < -0.4 is 4.74 Å². The number of hydrogen-bond acceptors (Lipinski definition) is 2. The average Bonchev–Trinajstić information content (AvgIpc) is 3.06. The lowest BCUT2D eigenvalue weighted by atomic mass is 9.92. The van der Waals surface area contributed by atoms with Crippen LogP contribution in [-0.2, 0) is 11.2 Å². The Hall–Kier alpha value is -2.75. The summed E-state index contributed by atoms with van der Waals surface area (Å²) in [5.41, 5.74) is 4.70. The summed E-state index contributed by atoms with van der Waals surface area (Å²) in [6.07, 6.45) is 2.33. The van der Waals surface area contributed by atoms with Crippen molar-refractivity contribution in [2.45, 2.75) is 39.2 Å². The van der Waals surface area contributed by atoms with Crippen molar-refractivity contribution in [2.75, 3.05) is 13.2 Å². The summed E-state index contributed by atoms with van der Waals surface area (Å²) in [4.78, 5) is 18.5. The molecule has 0 bridgehead atoms. The largest absolute Gasteiger partial charge is 0.494 e. The topological polar surface area (TPSA) is 45.3 Å². The maximum Gasteiger partial charge on any atom is 0.223 e. The van der Waals surface area contributed by atoms with Crippen LogP contribution in [0.15, 0.2) is 48.5 Å². The Morgan fingerprint density at radius 1 is 1.19 bits per heavy atom. The van der Waals surface area contributed by atoms with Gasteiger partial charge in [-0.15, -0.1) is 0 Å². The third-order valence-electron chi connectivity index (χ3n) is 5.30. The van der Waals surface area contributed by atoms with E-state index in [1.165, 1.54) is 10.9 Å². The number of hydrogen-bond donors (Lipinski definition) is 1. The van der Waals surface area contributed by atoms with Gasteiger partial charge in [-0.25, -0.2) is 0 Å². The summed E-state index contributed by atoms with van der Waals surface area (Å²) in [6.45, 7) is 5.42. The summed E-state index contributed by atoms with van der Waals surface area (Å²) < 4.78 is 5.71. The van der Waals surface area contributed by atoms with Gasteiger partial charge in [0.05, 0.1) is 12.6 Å². The van der Waals surface area contributed by atoms with Gasteiger partial charge in [0, 0.05) is 29.6 Å². The maximum absolute atomic E-state index is 12.9. The van der Waals surface area contributed by atoms with Crippen molar-refractivity contribution in [3.05, 3.63) is 65.4 Å². The fourth-order valence-electron chi connectivity index (χ4n) is 4.15. The van der Waals surface area contributed by atoms with Gasteiger partial charge in [0.25, 0.3) is 0 Å². The SMILES string of the molecule is CCCC(=O)N1CCc2c([nH]c3ccccc23)[C@H]1c1cccc(OCC)c1. The summed E-state index contributed by atoms with van der Waals surface area (Å²) in [6, 6.07) is 16.5. The van der Waals surface area contributed by atoms with Crippen molar-refractivity contribution < 1.29 is 9.53 Å². The van der Waals surface area contributed by atoms with Gasteiger partial charge in [-0.3, -0.25) is 4.79 Å². The Morgan fingerprint density at radius 2 is 2.04 bits per heavy atom. The lowest BCUT2D eigenvalue weighted by Gasteiger charge is -2.36. The Bertz CT molecular complexity index is 960. The van der Waals surface area contributed by atoms with Gasteiger partial charge in [-0.1, -0.05) is 37.3 Å². The van der Waals surface area contributed by atoms with Crippen LogP contribution in [-0.4, -0.2) is 28.9 Å². The van der Waals surface area contributed by atoms with Crippen molar-refractivity contribution in [3.63, 3.8) is 0 Å². The number of benzene rings is 2. The third-order valence-corrected chi connectivity index (χ3v) is 5.30. The molecule has 4 heteroatoms. The van der Waals surface area contributed by atoms with Crippen LogP contribution in [0.5, 0.6) is 5.75 Å². The van der Waals surface area contributed by atoms with Gasteiger partial charge in [0.1, 0.15) is 5.75 Å². The molecule has 2 heterocycles. The van der Waals surface area contributed by atoms with Crippen LogP contribution >= 0.6 is 0 Å². The Kier molecular flexibility index (Phi) is 4.88. The van der Waals surface area contributed by atoms with E-state index in [9.17, 15) is 4.79 Å². The van der Waals surface area contributed by atoms with Gasteiger partial charge >= 0.3 is 0 Å². The number of H-pyrrole nitrogens is 1. The maximum atomic E-state index is 12.9. The summed E-state index contributed by atoms with van der Waals surface area (Å²) >= 11 is 0. The van der Waals surface area contributed by atoms with E-state index < -0.39 is 0 Å². The third kappa shape index (κ3) is 3.20. The molecule has 1 amide bonds. The molecule has 27 heavy (non-hydrogen) atoms. The van der Waals surface area contributed by atoms with Crippen LogP contribution in [0, 0.1) is 0 Å². The minimum absolute atomic E-state index is 0.0967. The fourth-order valence-corrected chi connectivity index (χ4v) is 4.15. The van der Waals surface area contributed by atoms with E-state index >= 15 is 0 Å². The number of fused-ring (bicyclic) bond motifs is 3. The zero-order valence-corrected chi connectivity index (χ0v) is 16.0. The van der Waals surface area contributed by atoms with Crippen molar-refractivity contribution in [1.29, 1.82) is 0 Å². The number of para-hydroxylation sites is 1. The van der Waals surface area contributed by atoms with Crippen LogP contribution in [0.4, 0.5) is 0 Å². The predicted molar refractivity (Wildman–Crippen MR) is 108 cm³/mol. The molecule has 1 atom stereocenters. The highest BCUT2D eigenvalue weighted by atomic mass is 16.5. The highest BCUT2D eigenvalue weighted by molar-refractivity contribution is 5.86. The van der Waals surface area contributed by atoms with Gasteiger partial charge < -0.3 is 14.6 Å². The molecule has 0 unspecified atom stereocenters. The second kappa shape index (κ2) is 7.47. The van der Waals surface area contributed by atoms with E-state index in [1.807, 2.05) is 24.0 Å². The van der Waals surface area contributed by atoms with E-state index in [0.717, 1.165) is 41.9 Å². The van der Waals surface area contributed by atoms with E-state index in [-0.39, 0.29) is 11.9 Å². The van der Waals surface area contributed by atoms with Gasteiger partial charge in [-0.2, -0.15) is 0 Å². The Labute approximate surface area is 160 Å². The molecule has 4 nitrogen and oxygen atoms in total. The molecule has 1 aliphatic rings. The number of aromatic amines is 1. The molecule has 0 aliphatic carbocycles. The van der Waals surface area contributed by atoms with Gasteiger partial charge in [0.15, 0.2) is 0 Å². The van der Waals surface area contributed by atoms with Gasteiger partial charge in [0.2, 0.25) is 5.91 Å². The first-order valence-electron chi connectivity index (χ1n) is 9.84. The number of ether oxygens (including phenoxy) is 1. The minimum atomic E-state index is -0.0967. The second-order valence-corrected chi connectivity index (χ2v) is 7.06. The highest BCUT2D eigenvalue weighted by Crippen LogP contribution is 2.39. The molecule has 1 aliphatic heterocycles. The predicted octanol–water partition coefficient (Wildman–Crippen LogP) is 4.84.